The molecule has 0 amide bonds. The fourth-order valence-corrected chi connectivity index (χ4v) is 9.64. The maximum absolute atomic E-state index is 11.9. The largest absolute Gasteiger partial charge is 0.466 e. The van der Waals surface area contributed by atoms with Crippen LogP contribution in [0.1, 0.15) is 62.3 Å². The van der Waals surface area contributed by atoms with Crippen LogP contribution in [-0.2, 0) is 80.7 Å². The summed E-state index contributed by atoms with van der Waals surface area (Å²) in [6, 6.07) is 0. The van der Waals surface area contributed by atoms with Gasteiger partial charge in [-0.2, -0.15) is 0 Å². The number of hydrogen-bond donors (Lipinski definition) is 1. The van der Waals surface area contributed by atoms with Gasteiger partial charge in [0.25, 0.3) is 0 Å². The molecule has 3 saturated carbocycles. The van der Waals surface area contributed by atoms with Gasteiger partial charge < -0.3 is 71.5 Å². The third-order valence-corrected chi connectivity index (χ3v) is 12.4. The second-order valence-corrected chi connectivity index (χ2v) is 17.7. The monoisotopic (exact) mass is 857 g/mol. The molecule has 19 nitrogen and oxygen atoms in total. The highest BCUT2D eigenvalue weighted by Crippen LogP contribution is 2.55. The van der Waals surface area contributed by atoms with Crippen LogP contribution in [0, 0.1) is 35.5 Å². The minimum atomic E-state index is -0.762. The first-order valence-electron chi connectivity index (χ1n) is 21.1. The zero-order chi connectivity index (χ0) is 43.5. The number of hydrogen-bond acceptors (Lipinski definition) is 19. The summed E-state index contributed by atoms with van der Waals surface area (Å²) in [6.07, 6.45) is -2.49. The van der Waals surface area contributed by atoms with Crippen LogP contribution >= 0.6 is 0 Å². The van der Waals surface area contributed by atoms with Gasteiger partial charge >= 0.3 is 17.9 Å². The molecule has 9 aliphatic rings. The van der Waals surface area contributed by atoms with Crippen LogP contribution in [0.15, 0.2) is 5.16 Å². The molecule has 6 aliphatic heterocycles. The Hall–Kier alpha value is -2.56. The molecule has 0 spiro atoms. The number of esters is 3. The number of ether oxygens (including phenoxy) is 14. The van der Waals surface area contributed by atoms with Crippen LogP contribution in [0.3, 0.4) is 0 Å². The Morgan fingerprint density at radius 3 is 1.37 bits per heavy atom. The third-order valence-electron chi connectivity index (χ3n) is 12.4. The summed E-state index contributed by atoms with van der Waals surface area (Å²) in [4.78, 5) is 35.7. The minimum Gasteiger partial charge on any atom is -0.466 e. The van der Waals surface area contributed by atoms with Gasteiger partial charge in [-0.1, -0.05) is 5.16 Å². The normalized spacial score (nSPS) is 44.6. The molecule has 0 aromatic rings. The molecule has 6 saturated heterocycles. The molecule has 6 heterocycles. The van der Waals surface area contributed by atoms with Gasteiger partial charge in [0, 0.05) is 32.0 Å². The van der Waals surface area contributed by atoms with Gasteiger partial charge in [0.1, 0.15) is 36.6 Å². The summed E-state index contributed by atoms with van der Waals surface area (Å²) < 4.78 is 78.6. The maximum atomic E-state index is 11.9. The van der Waals surface area contributed by atoms with E-state index in [0.717, 1.165) is 0 Å². The van der Waals surface area contributed by atoms with E-state index in [-0.39, 0.29) is 109 Å². The molecule has 19 heteroatoms. The maximum Gasteiger partial charge on any atom is 0.312 e. The van der Waals surface area contributed by atoms with Crippen molar-refractivity contribution in [3.05, 3.63) is 0 Å². The molecule has 9 rings (SSSR count). The van der Waals surface area contributed by atoms with Crippen molar-refractivity contribution in [2.45, 2.75) is 147 Å². The number of oxime groups is 1. The lowest BCUT2D eigenvalue weighted by Gasteiger charge is -2.45. The predicted octanol–water partition coefficient (Wildman–Crippen LogP) is 2.00. The Balaban J connectivity index is 0.000000136. The summed E-state index contributed by atoms with van der Waals surface area (Å²) in [5, 5.41) is 12.6. The fraction of sp³-hybridized carbons (Fsp3) is 0.902. The van der Waals surface area contributed by atoms with Crippen molar-refractivity contribution in [2.24, 2.45) is 40.7 Å². The summed E-state index contributed by atoms with van der Waals surface area (Å²) in [5.41, 5.74) is 0.459. The summed E-state index contributed by atoms with van der Waals surface area (Å²) >= 11 is 0. The first kappa shape index (κ1) is 45.5. The van der Waals surface area contributed by atoms with Gasteiger partial charge in [0.15, 0.2) is 17.4 Å². The highest BCUT2D eigenvalue weighted by Gasteiger charge is 2.70. The van der Waals surface area contributed by atoms with Gasteiger partial charge in [-0.15, -0.1) is 0 Å². The molecular formula is C41H63NO18. The second-order valence-electron chi connectivity index (χ2n) is 17.7. The standard InChI is InChI=1S/2C14H22O6.C13H19NO6/c2*1-5-17-13(15)9-8-11(9)19-7-6-18-14(2,3)20-10(7)12(8)16-4;1-4-17-12(15)8-7-9(14-16)10-6(19-11(7)8)5-18-13(2,3)20-10/h2*7-12H,5-6H2,1-4H3;6-8,10-11,16H,4-5H2,1-3H3/t2*7-,8+,9+,10-,11+,12-;6-,7-,8+,10-,11+/m111/s1. The summed E-state index contributed by atoms with van der Waals surface area (Å²) in [6.45, 7) is 18.8. The van der Waals surface area contributed by atoms with Crippen molar-refractivity contribution in [3.8, 4) is 0 Å². The van der Waals surface area contributed by atoms with Crippen molar-refractivity contribution in [1.29, 1.82) is 0 Å². The first-order chi connectivity index (χ1) is 28.4. The van der Waals surface area contributed by atoms with E-state index < -0.39 is 29.4 Å². The van der Waals surface area contributed by atoms with Crippen molar-refractivity contribution in [2.75, 3.05) is 53.9 Å². The smallest absolute Gasteiger partial charge is 0.312 e. The van der Waals surface area contributed by atoms with Crippen molar-refractivity contribution < 1.29 is 85.9 Å². The topological polar surface area (TPSA) is 213 Å². The lowest BCUT2D eigenvalue weighted by molar-refractivity contribution is -0.339. The van der Waals surface area contributed by atoms with Crippen LogP contribution in [-0.4, -0.2) is 167 Å². The van der Waals surface area contributed by atoms with Crippen LogP contribution < -0.4 is 0 Å². The Morgan fingerprint density at radius 1 is 0.583 bits per heavy atom. The van der Waals surface area contributed by atoms with E-state index in [1.807, 2.05) is 27.7 Å². The second kappa shape index (κ2) is 17.5. The molecule has 1 N–H and O–H groups in total. The van der Waals surface area contributed by atoms with E-state index in [1.54, 1.807) is 48.8 Å². The lowest BCUT2D eigenvalue weighted by atomic mass is 9.99. The van der Waals surface area contributed by atoms with E-state index in [9.17, 15) is 19.6 Å². The summed E-state index contributed by atoms with van der Waals surface area (Å²) in [7, 11) is 3.30. The van der Waals surface area contributed by atoms with Crippen molar-refractivity contribution in [3.63, 3.8) is 0 Å². The molecule has 60 heavy (non-hydrogen) atoms. The van der Waals surface area contributed by atoms with Crippen LogP contribution in [0.2, 0.25) is 0 Å². The van der Waals surface area contributed by atoms with Crippen molar-refractivity contribution >= 4 is 23.6 Å². The molecule has 0 radical (unpaired) electrons. The van der Waals surface area contributed by atoms with Gasteiger partial charge in [-0.25, -0.2) is 0 Å². The molecule has 3 aliphatic carbocycles. The van der Waals surface area contributed by atoms with E-state index in [1.165, 1.54) is 0 Å². The van der Waals surface area contributed by atoms with Crippen LogP contribution in [0.5, 0.6) is 0 Å². The Kier molecular flexibility index (Phi) is 13.3. The van der Waals surface area contributed by atoms with Gasteiger partial charge in [-0.05, 0) is 62.3 Å². The Bertz CT molecular complexity index is 1530. The van der Waals surface area contributed by atoms with E-state index in [2.05, 4.69) is 5.16 Å². The number of methoxy groups -OCH3 is 2. The molecule has 0 aromatic heterocycles. The molecule has 9 fully saturated rings. The van der Waals surface area contributed by atoms with Gasteiger partial charge in [0.2, 0.25) is 0 Å². The number of carbonyl (C=O) groups is 3. The van der Waals surface area contributed by atoms with Crippen LogP contribution in [0.4, 0.5) is 0 Å². The van der Waals surface area contributed by atoms with Crippen LogP contribution in [0.25, 0.3) is 0 Å². The molecule has 0 unspecified atom stereocenters. The lowest BCUT2D eigenvalue weighted by Crippen LogP contribution is -2.58. The third kappa shape index (κ3) is 8.96. The minimum absolute atomic E-state index is 0.0224. The van der Waals surface area contributed by atoms with Gasteiger partial charge in [-0.3, -0.25) is 14.4 Å². The first-order valence-corrected chi connectivity index (χ1v) is 21.1. The Morgan fingerprint density at radius 2 is 0.967 bits per heavy atom. The van der Waals surface area contributed by atoms with Gasteiger partial charge in [0.05, 0.1) is 93.6 Å². The number of nitrogens with zero attached hydrogens (tertiary/aromatic N) is 1. The van der Waals surface area contributed by atoms with E-state index >= 15 is 0 Å². The van der Waals surface area contributed by atoms with E-state index in [0.29, 0.717) is 45.4 Å². The molecule has 340 valence electrons. The zero-order valence-corrected chi connectivity index (χ0v) is 36.4. The molecule has 0 aromatic carbocycles. The molecule has 17 atom stereocenters. The SMILES string of the molecule is CCOC(=O)[C@@H]1[C@H]2O[C@@H]3COC(C)(C)O[C@H]3C(=NO)[C@H]21.CCOC(=O)[C@@H]1[C@H]2O[C@@H]3COC(C)(C)O[C@H]3[C@H](OC)[C@H]21.CCOC(=O)[C@@H]1[C@H]2O[C@@H]3COC(C)(C)O[C@H]3[C@H](OC)[C@H]21. The molecule has 0 bridgehead atoms. The predicted molar refractivity (Wildman–Crippen MR) is 202 cm³/mol. The number of carbonyl (C=O) groups excluding carboxylic acids is 3. The highest BCUT2D eigenvalue weighted by molar-refractivity contribution is 6.00. The highest BCUT2D eigenvalue weighted by atomic mass is 16.8. The molecular weight excluding hydrogens is 794 g/mol. The Labute approximate surface area is 350 Å². The zero-order valence-electron chi connectivity index (χ0n) is 36.4. The fourth-order valence-electron chi connectivity index (χ4n) is 9.64. The quantitative estimate of drug-likeness (QED) is 0.160. The average molecular weight is 858 g/mol. The number of rotatable bonds is 8. The number of fused-ring (bicyclic) bond motifs is 6. The average Bonchev–Trinajstić information content (AvgIpc) is 4.13. The summed E-state index contributed by atoms with van der Waals surface area (Å²) in [5.74, 6) is -3.88. The van der Waals surface area contributed by atoms with Crippen molar-refractivity contribution in [1.82, 2.24) is 0 Å². The van der Waals surface area contributed by atoms with E-state index in [4.69, 9.17) is 66.3 Å².